The Morgan fingerprint density at radius 2 is 0.680 bits per heavy atom. The van der Waals surface area contributed by atoms with Crippen molar-refractivity contribution in [2.75, 3.05) is 0 Å². The molecular weight excluding hydrogens is 601 g/mol. The van der Waals surface area contributed by atoms with Gasteiger partial charge in [-0.25, -0.2) is 0 Å². The van der Waals surface area contributed by atoms with Crippen molar-refractivity contribution in [1.29, 1.82) is 0 Å². The molecule has 0 fully saturated rings. The van der Waals surface area contributed by atoms with Gasteiger partial charge in [0.25, 0.3) is 0 Å². The summed E-state index contributed by atoms with van der Waals surface area (Å²) in [6.07, 6.45) is 0. The van der Waals surface area contributed by atoms with Crippen LogP contribution in [-0.4, -0.2) is 0 Å². The third-order valence-corrected chi connectivity index (χ3v) is 11.5. The molecule has 0 spiro atoms. The quantitative estimate of drug-likeness (QED) is 0.179. The van der Waals surface area contributed by atoms with Crippen LogP contribution in [0.3, 0.4) is 0 Å². The summed E-state index contributed by atoms with van der Waals surface area (Å²) in [7, 11) is 0. The summed E-state index contributed by atoms with van der Waals surface area (Å²) in [5.41, 5.74) is 18.6. The van der Waals surface area contributed by atoms with E-state index in [-0.39, 0.29) is 0 Å². The smallest absolute Gasteiger partial charge is 0.000718 e. The molecule has 0 heterocycles. The van der Waals surface area contributed by atoms with Gasteiger partial charge in [0.2, 0.25) is 0 Å². The van der Waals surface area contributed by atoms with Gasteiger partial charge in [-0.2, -0.15) is 0 Å². The highest BCUT2D eigenvalue weighted by molar-refractivity contribution is 6.37. The molecule has 0 aliphatic heterocycles. The molecule has 50 heavy (non-hydrogen) atoms. The highest BCUT2D eigenvalue weighted by atomic mass is 14.4. The molecule has 0 heteroatoms. The molecule has 0 nitrogen and oxygen atoms in total. The van der Waals surface area contributed by atoms with Crippen molar-refractivity contribution in [2.45, 2.75) is 0 Å². The lowest BCUT2D eigenvalue weighted by Gasteiger charge is -2.15. The van der Waals surface area contributed by atoms with E-state index in [1.807, 2.05) is 0 Å². The van der Waals surface area contributed by atoms with Crippen molar-refractivity contribution < 1.29 is 0 Å². The number of fused-ring (bicyclic) bond motifs is 11. The molecule has 0 saturated carbocycles. The van der Waals surface area contributed by atoms with Gasteiger partial charge < -0.3 is 0 Å². The number of hydrogen-bond acceptors (Lipinski definition) is 0. The van der Waals surface area contributed by atoms with E-state index in [4.69, 9.17) is 0 Å². The van der Waals surface area contributed by atoms with Crippen molar-refractivity contribution in [3.63, 3.8) is 0 Å². The zero-order valence-electron chi connectivity index (χ0n) is 27.2. The fourth-order valence-electron chi connectivity index (χ4n) is 9.34. The van der Waals surface area contributed by atoms with Crippen molar-refractivity contribution >= 4 is 65.4 Å². The Morgan fingerprint density at radius 3 is 1.32 bits per heavy atom. The third-order valence-electron chi connectivity index (χ3n) is 11.5. The second-order valence-electron chi connectivity index (χ2n) is 14.0. The van der Waals surface area contributed by atoms with Crippen LogP contribution in [-0.2, 0) is 0 Å². The van der Waals surface area contributed by atoms with E-state index in [1.54, 1.807) is 0 Å². The molecule has 0 aromatic heterocycles. The second-order valence-corrected chi connectivity index (χ2v) is 14.0. The van der Waals surface area contributed by atoms with Gasteiger partial charge >= 0.3 is 0 Å². The lowest BCUT2D eigenvalue weighted by molar-refractivity contribution is 1.56. The topological polar surface area (TPSA) is 0 Å². The van der Waals surface area contributed by atoms with Gasteiger partial charge in [-0.3, -0.25) is 0 Å². The van der Waals surface area contributed by atoms with Gasteiger partial charge in [-0.05, 0) is 151 Å². The van der Waals surface area contributed by atoms with Crippen LogP contribution in [0, 0.1) is 0 Å². The SMILES string of the molecule is c1ccc2cc3c(cc2c1)C1=C(c2cccc4ccccc24)c2cc4ccccc4cc2C1=C3c1ccc2c(c1)-c1cccc3cccc-2c13. The van der Waals surface area contributed by atoms with Gasteiger partial charge in [-0.1, -0.05) is 140 Å². The summed E-state index contributed by atoms with van der Waals surface area (Å²) in [5.74, 6) is 0. The van der Waals surface area contributed by atoms with E-state index < -0.39 is 0 Å². The first-order valence-corrected chi connectivity index (χ1v) is 17.5. The average Bonchev–Trinajstić information content (AvgIpc) is 3.78. The van der Waals surface area contributed by atoms with E-state index in [0.717, 1.165) is 0 Å². The Labute approximate surface area is 289 Å². The number of benzene rings is 9. The van der Waals surface area contributed by atoms with Crippen LogP contribution in [0.5, 0.6) is 0 Å². The van der Waals surface area contributed by atoms with E-state index in [0.29, 0.717) is 0 Å². The molecule has 0 atom stereocenters. The van der Waals surface area contributed by atoms with E-state index >= 15 is 0 Å². The van der Waals surface area contributed by atoms with Gasteiger partial charge in [0.05, 0.1) is 0 Å². The maximum atomic E-state index is 2.48. The highest BCUT2D eigenvalue weighted by Gasteiger charge is 2.39. The predicted octanol–water partition coefficient (Wildman–Crippen LogP) is 13.2. The third kappa shape index (κ3) is 3.40. The van der Waals surface area contributed by atoms with Crippen LogP contribution < -0.4 is 0 Å². The number of hydrogen-bond donors (Lipinski definition) is 0. The van der Waals surface area contributed by atoms with Crippen LogP contribution in [0.2, 0.25) is 0 Å². The van der Waals surface area contributed by atoms with Crippen molar-refractivity contribution in [1.82, 2.24) is 0 Å². The van der Waals surface area contributed by atoms with Crippen molar-refractivity contribution in [3.8, 4) is 22.3 Å². The second kappa shape index (κ2) is 9.56. The molecule has 0 saturated heterocycles. The maximum Gasteiger partial charge on any atom is -0.000718 e. The van der Waals surface area contributed by atoms with Gasteiger partial charge in [0.1, 0.15) is 0 Å². The standard InChI is InChI=1S/C50H28/c1-3-13-33-26-44-42(24-31(33)11-1)47(35-22-23-37-39-20-8-16-30-17-9-21-40(46(30)39)41(37)28-35)49-45-27-34-14-4-2-12-32(34)25-43(45)48(50(44)49)38-19-7-15-29-10-5-6-18-36(29)38/h1-28H. The average molecular weight is 629 g/mol. The largest absolute Gasteiger partial charge is 0.0616 e. The Morgan fingerprint density at radius 1 is 0.220 bits per heavy atom. The zero-order chi connectivity index (χ0) is 32.5. The summed E-state index contributed by atoms with van der Waals surface area (Å²) in [6, 6.07) is 63.8. The minimum Gasteiger partial charge on any atom is -0.0616 e. The maximum absolute atomic E-state index is 2.48. The fourth-order valence-corrected chi connectivity index (χ4v) is 9.34. The van der Waals surface area contributed by atoms with E-state index in [2.05, 4.69) is 170 Å². The zero-order valence-corrected chi connectivity index (χ0v) is 27.2. The highest BCUT2D eigenvalue weighted by Crippen LogP contribution is 2.60. The molecule has 228 valence electrons. The van der Waals surface area contributed by atoms with Crippen molar-refractivity contribution in [3.05, 3.63) is 203 Å². The Hall–Kier alpha value is -6.50. The van der Waals surface area contributed by atoms with E-state index in [1.165, 1.54) is 121 Å². The number of rotatable bonds is 2. The van der Waals surface area contributed by atoms with Crippen LogP contribution in [0.25, 0.3) is 87.6 Å². The van der Waals surface area contributed by atoms with Gasteiger partial charge in [0, 0.05) is 0 Å². The molecule has 3 aliphatic rings. The summed E-state index contributed by atoms with van der Waals surface area (Å²) in [5, 5.41) is 10.3. The lowest BCUT2D eigenvalue weighted by atomic mass is 9.87. The van der Waals surface area contributed by atoms with Crippen LogP contribution >= 0.6 is 0 Å². The summed E-state index contributed by atoms with van der Waals surface area (Å²) >= 11 is 0. The molecule has 9 aromatic rings. The summed E-state index contributed by atoms with van der Waals surface area (Å²) in [4.78, 5) is 0. The Kier molecular flexibility index (Phi) is 5.06. The Balaban J connectivity index is 1.24. The minimum absolute atomic E-state index is 1.27. The fraction of sp³-hybridized carbons (Fsp3) is 0. The predicted molar refractivity (Wildman–Crippen MR) is 212 cm³/mol. The molecule has 0 unspecified atom stereocenters. The first kappa shape index (κ1) is 26.5. The Bertz CT molecular complexity index is 3060. The van der Waals surface area contributed by atoms with Crippen LogP contribution in [0.4, 0.5) is 0 Å². The van der Waals surface area contributed by atoms with E-state index in [9.17, 15) is 0 Å². The molecule has 3 aliphatic carbocycles. The molecule has 12 rings (SSSR count). The summed E-state index contributed by atoms with van der Waals surface area (Å²) in [6.45, 7) is 0. The molecular formula is C50H28. The first-order chi connectivity index (χ1) is 24.8. The van der Waals surface area contributed by atoms with Gasteiger partial charge in [-0.15, -0.1) is 0 Å². The van der Waals surface area contributed by atoms with Gasteiger partial charge in [0.15, 0.2) is 0 Å². The molecule has 9 aromatic carbocycles. The molecule has 0 N–H and O–H groups in total. The normalized spacial score (nSPS) is 13.8. The molecule has 0 radical (unpaired) electrons. The molecule has 0 bridgehead atoms. The number of allylic oxidation sites excluding steroid dienone is 2. The minimum atomic E-state index is 1.27. The summed E-state index contributed by atoms with van der Waals surface area (Å²) < 4.78 is 0. The van der Waals surface area contributed by atoms with Crippen LogP contribution in [0.1, 0.15) is 33.4 Å². The monoisotopic (exact) mass is 628 g/mol. The lowest BCUT2D eigenvalue weighted by Crippen LogP contribution is -1.95. The van der Waals surface area contributed by atoms with Crippen molar-refractivity contribution in [2.24, 2.45) is 0 Å². The van der Waals surface area contributed by atoms with Crippen LogP contribution in [0.15, 0.2) is 170 Å². The molecule has 0 amide bonds. The first-order valence-electron chi connectivity index (χ1n) is 17.5.